The molecule has 0 unspecified atom stereocenters. The largest absolute Gasteiger partial charge is 0.483 e. The number of nitrogens with one attached hydrogen (secondary N) is 1. The Labute approximate surface area is 170 Å². The van der Waals surface area contributed by atoms with E-state index in [1.807, 2.05) is 30.5 Å². The average molecular weight is 409 g/mol. The van der Waals surface area contributed by atoms with E-state index in [-0.39, 0.29) is 18.1 Å². The molecule has 4 aromatic rings. The Balaban J connectivity index is 1.37. The summed E-state index contributed by atoms with van der Waals surface area (Å²) >= 11 is 0. The molecule has 1 amide bonds. The lowest BCUT2D eigenvalue weighted by Crippen LogP contribution is -2.11. The molecule has 8 heteroatoms. The highest BCUT2D eigenvalue weighted by atomic mass is 19.1. The molecule has 0 fully saturated rings. The standard InChI is InChI=1S/C22H17F2N3O3/c23-16-5-7-20(19(24)12-16)29-14-18-6-8-21(30-18)22(28)26-17-4-1-3-15(11-17)13-27-10-2-9-25-27/h1-12H,13-14H2,(H,26,28). The lowest BCUT2D eigenvalue weighted by atomic mass is 10.2. The molecular formula is C22H17F2N3O3. The normalized spacial score (nSPS) is 10.7. The number of halogens is 2. The Morgan fingerprint density at radius 3 is 2.80 bits per heavy atom. The van der Waals surface area contributed by atoms with Gasteiger partial charge in [0.2, 0.25) is 0 Å². The first-order chi connectivity index (χ1) is 14.6. The fourth-order valence-corrected chi connectivity index (χ4v) is 2.84. The number of amides is 1. The molecule has 0 aliphatic carbocycles. The van der Waals surface area contributed by atoms with Gasteiger partial charge in [0, 0.05) is 24.1 Å². The lowest BCUT2D eigenvalue weighted by molar-refractivity contribution is 0.0992. The molecule has 0 saturated heterocycles. The van der Waals surface area contributed by atoms with Crippen molar-refractivity contribution in [3.05, 3.63) is 102 Å². The molecule has 2 aromatic heterocycles. The highest BCUT2D eigenvalue weighted by Gasteiger charge is 2.13. The fourth-order valence-electron chi connectivity index (χ4n) is 2.84. The van der Waals surface area contributed by atoms with Gasteiger partial charge in [-0.25, -0.2) is 8.78 Å². The van der Waals surface area contributed by atoms with Gasteiger partial charge in [-0.3, -0.25) is 9.48 Å². The van der Waals surface area contributed by atoms with E-state index in [0.29, 0.717) is 18.0 Å². The van der Waals surface area contributed by atoms with E-state index in [2.05, 4.69) is 10.4 Å². The van der Waals surface area contributed by atoms with Crippen molar-refractivity contribution >= 4 is 11.6 Å². The van der Waals surface area contributed by atoms with Crippen molar-refractivity contribution in [1.29, 1.82) is 0 Å². The van der Waals surface area contributed by atoms with Crippen LogP contribution < -0.4 is 10.1 Å². The van der Waals surface area contributed by atoms with Crippen molar-refractivity contribution in [1.82, 2.24) is 9.78 Å². The maximum atomic E-state index is 13.6. The van der Waals surface area contributed by atoms with Gasteiger partial charge in [0.25, 0.3) is 5.91 Å². The third-order valence-electron chi connectivity index (χ3n) is 4.24. The van der Waals surface area contributed by atoms with E-state index < -0.39 is 17.5 Å². The van der Waals surface area contributed by atoms with E-state index >= 15 is 0 Å². The number of rotatable bonds is 7. The first kappa shape index (κ1) is 19.4. The number of furan rings is 1. The van der Waals surface area contributed by atoms with Gasteiger partial charge in [0.05, 0.1) is 6.54 Å². The number of hydrogen-bond donors (Lipinski definition) is 1. The van der Waals surface area contributed by atoms with Gasteiger partial charge in [-0.1, -0.05) is 12.1 Å². The second-order valence-corrected chi connectivity index (χ2v) is 6.49. The molecule has 2 heterocycles. The van der Waals surface area contributed by atoms with Crippen LogP contribution >= 0.6 is 0 Å². The van der Waals surface area contributed by atoms with Crippen LogP contribution in [0.2, 0.25) is 0 Å². The molecule has 0 radical (unpaired) electrons. The summed E-state index contributed by atoms with van der Waals surface area (Å²) in [6, 6.07) is 15.3. The summed E-state index contributed by atoms with van der Waals surface area (Å²) in [5.74, 6) is -1.61. The average Bonchev–Trinajstić information content (AvgIpc) is 3.40. The zero-order chi connectivity index (χ0) is 20.9. The summed E-state index contributed by atoms with van der Waals surface area (Å²) in [5, 5.41) is 6.94. The van der Waals surface area contributed by atoms with Crippen LogP contribution in [0.3, 0.4) is 0 Å². The van der Waals surface area contributed by atoms with Gasteiger partial charge in [-0.2, -0.15) is 5.10 Å². The zero-order valence-corrected chi connectivity index (χ0v) is 15.7. The van der Waals surface area contributed by atoms with Gasteiger partial charge in [-0.05, 0) is 48.0 Å². The molecule has 2 aromatic carbocycles. The number of nitrogens with zero attached hydrogens (tertiary/aromatic N) is 2. The van der Waals surface area contributed by atoms with E-state index in [9.17, 15) is 13.6 Å². The molecule has 0 saturated carbocycles. The minimum absolute atomic E-state index is 0.0886. The summed E-state index contributed by atoms with van der Waals surface area (Å²) in [7, 11) is 0. The lowest BCUT2D eigenvalue weighted by Gasteiger charge is -2.07. The molecule has 4 rings (SSSR count). The smallest absolute Gasteiger partial charge is 0.291 e. The molecule has 1 N–H and O–H groups in total. The monoisotopic (exact) mass is 409 g/mol. The predicted molar refractivity (Wildman–Crippen MR) is 105 cm³/mol. The van der Waals surface area contributed by atoms with Crippen molar-refractivity contribution in [2.45, 2.75) is 13.2 Å². The Morgan fingerprint density at radius 1 is 1.10 bits per heavy atom. The summed E-state index contributed by atoms with van der Waals surface area (Å²) in [5.41, 5.74) is 1.60. The van der Waals surface area contributed by atoms with E-state index in [0.717, 1.165) is 17.7 Å². The predicted octanol–water partition coefficient (Wildman–Crippen LogP) is 4.63. The molecule has 0 bridgehead atoms. The van der Waals surface area contributed by atoms with Crippen LogP contribution in [0.15, 0.2) is 77.5 Å². The first-order valence-corrected chi connectivity index (χ1v) is 9.11. The molecular weight excluding hydrogens is 392 g/mol. The van der Waals surface area contributed by atoms with Crippen LogP contribution in [0.1, 0.15) is 21.9 Å². The first-order valence-electron chi connectivity index (χ1n) is 9.11. The van der Waals surface area contributed by atoms with Crippen LogP contribution in [0, 0.1) is 11.6 Å². The highest BCUT2D eigenvalue weighted by Crippen LogP contribution is 2.20. The van der Waals surface area contributed by atoms with E-state index in [1.54, 1.807) is 23.0 Å². The fraction of sp³-hybridized carbons (Fsp3) is 0.0909. The number of carbonyl (C=O) groups is 1. The topological polar surface area (TPSA) is 69.3 Å². The number of aromatic nitrogens is 2. The van der Waals surface area contributed by atoms with Crippen molar-refractivity contribution in [3.63, 3.8) is 0 Å². The molecule has 0 atom stereocenters. The van der Waals surface area contributed by atoms with Gasteiger partial charge < -0.3 is 14.5 Å². The van der Waals surface area contributed by atoms with Crippen LogP contribution in [0.4, 0.5) is 14.5 Å². The number of ether oxygens (including phenoxy) is 1. The van der Waals surface area contributed by atoms with E-state index in [4.69, 9.17) is 9.15 Å². The Bertz CT molecular complexity index is 1160. The van der Waals surface area contributed by atoms with Crippen molar-refractivity contribution in [3.8, 4) is 5.75 Å². The van der Waals surface area contributed by atoms with Gasteiger partial charge in [-0.15, -0.1) is 0 Å². The third kappa shape index (κ3) is 4.72. The minimum atomic E-state index is -0.811. The van der Waals surface area contributed by atoms with Crippen molar-refractivity contribution in [2.24, 2.45) is 0 Å². The van der Waals surface area contributed by atoms with Crippen LogP contribution in [-0.2, 0) is 13.2 Å². The van der Waals surface area contributed by atoms with Gasteiger partial charge in [0.1, 0.15) is 18.2 Å². The molecule has 0 aliphatic heterocycles. The summed E-state index contributed by atoms with van der Waals surface area (Å²) in [6.45, 7) is 0.480. The van der Waals surface area contributed by atoms with Gasteiger partial charge in [0.15, 0.2) is 17.3 Å². The quantitative estimate of drug-likeness (QED) is 0.483. The summed E-state index contributed by atoms with van der Waals surface area (Å²) < 4.78 is 39.1. The molecule has 0 aliphatic rings. The minimum Gasteiger partial charge on any atom is -0.483 e. The maximum Gasteiger partial charge on any atom is 0.291 e. The van der Waals surface area contributed by atoms with E-state index in [1.165, 1.54) is 12.1 Å². The highest BCUT2D eigenvalue weighted by molar-refractivity contribution is 6.02. The second-order valence-electron chi connectivity index (χ2n) is 6.49. The third-order valence-corrected chi connectivity index (χ3v) is 4.24. The summed E-state index contributed by atoms with van der Waals surface area (Å²) in [6.07, 6.45) is 3.56. The molecule has 6 nitrogen and oxygen atoms in total. The Morgan fingerprint density at radius 2 is 2.00 bits per heavy atom. The Kier molecular flexibility index (Phi) is 5.56. The van der Waals surface area contributed by atoms with Gasteiger partial charge >= 0.3 is 0 Å². The van der Waals surface area contributed by atoms with Crippen molar-refractivity contribution < 1.29 is 22.7 Å². The molecule has 30 heavy (non-hydrogen) atoms. The maximum absolute atomic E-state index is 13.6. The zero-order valence-electron chi connectivity index (χ0n) is 15.7. The number of carbonyl (C=O) groups excluding carboxylic acids is 1. The van der Waals surface area contributed by atoms with Crippen molar-refractivity contribution in [2.75, 3.05) is 5.32 Å². The molecule has 152 valence electrons. The number of hydrogen-bond acceptors (Lipinski definition) is 4. The van der Waals surface area contributed by atoms with Crippen LogP contribution in [0.5, 0.6) is 5.75 Å². The SMILES string of the molecule is O=C(Nc1cccc(Cn2cccn2)c1)c1ccc(COc2ccc(F)cc2F)o1. The molecule has 0 spiro atoms. The second kappa shape index (κ2) is 8.60. The van der Waals surface area contributed by atoms with Crippen LogP contribution in [0.25, 0.3) is 0 Å². The Hall–Kier alpha value is -3.94. The summed E-state index contributed by atoms with van der Waals surface area (Å²) in [4.78, 5) is 12.5. The van der Waals surface area contributed by atoms with Crippen LogP contribution in [-0.4, -0.2) is 15.7 Å². The number of benzene rings is 2. The number of anilines is 1.